The molecule has 1 aromatic heterocycles. The normalized spacial score (nSPS) is 17.8. The second-order valence-corrected chi connectivity index (χ2v) is 11.0. The molecule has 36 heavy (non-hydrogen) atoms. The lowest BCUT2D eigenvalue weighted by molar-refractivity contribution is -0.122. The summed E-state index contributed by atoms with van der Waals surface area (Å²) in [6, 6.07) is 9.48. The number of aromatic nitrogens is 1. The van der Waals surface area contributed by atoms with Crippen molar-refractivity contribution in [2.45, 2.75) is 33.4 Å². The van der Waals surface area contributed by atoms with E-state index in [2.05, 4.69) is 22.9 Å². The maximum Gasteiger partial charge on any atom is 0.270 e. The van der Waals surface area contributed by atoms with Crippen molar-refractivity contribution >= 4 is 57.7 Å². The molecule has 1 amide bonds. The van der Waals surface area contributed by atoms with Crippen LogP contribution in [0.3, 0.4) is 0 Å². The van der Waals surface area contributed by atoms with Crippen LogP contribution in [0.2, 0.25) is 5.02 Å². The number of nitriles is 1. The third kappa shape index (κ3) is 5.09. The number of carbonyl (C=O) groups is 1. The molecule has 7 nitrogen and oxygen atoms in total. The Kier molecular flexibility index (Phi) is 8.20. The van der Waals surface area contributed by atoms with E-state index in [1.54, 1.807) is 28.5 Å². The molecule has 2 fully saturated rings. The maximum atomic E-state index is 13.5. The molecule has 0 spiro atoms. The molecule has 2 aromatic rings. The topological polar surface area (TPSA) is 72.6 Å². The highest BCUT2D eigenvalue weighted by Gasteiger charge is 2.34. The number of rotatable bonds is 6. The molecule has 0 N–H and O–H groups in total. The van der Waals surface area contributed by atoms with Gasteiger partial charge >= 0.3 is 0 Å². The van der Waals surface area contributed by atoms with Crippen molar-refractivity contribution in [1.29, 1.82) is 5.26 Å². The van der Waals surface area contributed by atoms with Crippen molar-refractivity contribution in [3.8, 4) is 6.07 Å². The number of anilines is 1. The highest BCUT2D eigenvalue weighted by Crippen LogP contribution is 2.37. The molecule has 1 aromatic carbocycles. The first-order valence-corrected chi connectivity index (χ1v) is 13.5. The molecule has 10 heteroatoms. The van der Waals surface area contributed by atoms with Crippen LogP contribution in [-0.4, -0.2) is 57.8 Å². The first-order valence-electron chi connectivity index (χ1n) is 11.9. The summed E-state index contributed by atoms with van der Waals surface area (Å²) in [5.74, 6) is 0.559. The van der Waals surface area contributed by atoms with Crippen LogP contribution in [0.4, 0.5) is 5.82 Å². The highest BCUT2D eigenvalue weighted by molar-refractivity contribution is 8.26. The van der Waals surface area contributed by atoms with Gasteiger partial charge in [0.2, 0.25) is 0 Å². The summed E-state index contributed by atoms with van der Waals surface area (Å²) in [4.78, 5) is 33.2. The number of nitrogens with zero attached hydrogens (tertiary/aromatic N) is 5. The first-order chi connectivity index (χ1) is 17.3. The largest absolute Gasteiger partial charge is 0.355 e. The Morgan fingerprint density at radius 3 is 2.53 bits per heavy atom. The summed E-state index contributed by atoms with van der Waals surface area (Å²) in [5, 5.41) is 10.4. The van der Waals surface area contributed by atoms with Crippen LogP contribution >= 0.6 is 35.6 Å². The molecule has 3 heterocycles. The Morgan fingerprint density at radius 1 is 1.19 bits per heavy atom. The third-order valence-corrected chi connectivity index (χ3v) is 8.28. The fraction of sp³-hybridized carbons (Fsp3) is 0.385. The smallest absolute Gasteiger partial charge is 0.270 e. The number of thioether (sulfide) groups is 1. The predicted octanol–water partition coefficient (Wildman–Crippen LogP) is 4.25. The van der Waals surface area contributed by atoms with Crippen molar-refractivity contribution in [3.63, 3.8) is 0 Å². The van der Waals surface area contributed by atoms with Gasteiger partial charge < -0.3 is 9.80 Å². The van der Waals surface area contributed by atoms with E-state index in [0.717, 1.165) is 49.5 Å². The Hall–Kier alpha value is -2.64. The lowest BCUT2D eigenvalue weighted by atomic mass is 10.0. The maximum absolute atomic E-state index is 13.5. The van der Waals surface area contributed by atoms with E-state index < -0.39 is 0 Å². The zero-order valence-electron chi connectivity index (χ0n) is 20.6. The summed E-state index contributed by atoms with van der Waals surface area (Å²) in [7, 11) is 2.08. The lowest BCUT2D eigenvalue weighted by Gasteiger charge is -2.36. The number of carbonyl (C=O) groups excluding carboxylic acids is 1. The van der Waals surface area contributed by atoms with Gasteiger partial charge in [0.25, 0.3) is 11.5 Å². The average Bonchev–Trinajstić information content (AvgIpc) is 3.12. The Balaban J connectivity index is 1.82. The van der Waals surface area contributed by atoms with Crippen molar-refractivity contribution in [2.75, 3.05) is 38.1 Å². The molecule has 0 saturated carbocycles. The Morgan fingerprint density at radius 2 is 1.89 bits per heavy atom. The van der Waals surface area contributed by atoms with E-state index in [-0.39, 0.29) is 23.6 Å². The minimum Gasteiger partial charge on any atom is -0.355 e. The molecular weight excluding hydrogens is 514 g/mol. The Bertz CT molecular complexity index is 1340. The molecule has 2 aliphatic heterocycles. The summed E-state index contributed by atoms with van der Waals surface area (Å²) in [5.41, 5.74) is 1.95. The number of pyridine rings is 1. The number of hydrogen-bond donors (Lipinski definition) is 0. The SMILES string of the molecule is CCCn1c(N2CCN(C)CC2)c(/C=C2/SC(=S)N(Cc3ccccc3Cl)C2=O)c(C)c(C#N)c1=O. The molecule has 0 bridgehead atoms. The number of amides is 1. The van der Waals surface area contributed by atoms with Crippen LogP contribution in [-0.2, 0) is 17.9 Å². The van der Waals surface area contributed by atoms with Gasteiger partial charge in [-0.3, -0.25) is 19.1 Å². The fourth-order valence-electron chi connectivity index (χ4n) is 4.50. The lowest BCUT2D eigenvalue weighted by Crippen LogP contribution is -2.47. The molecule has 0 unspecified atom stereocenters. The van der Waals surface area contributed by atoms with Crippen LogP contribution in [0.25, 0.3) is 6.08 Å². The quantitative estimate of drug-likeness (QED) is 0.400. The third-order valence-electron chi connectivity index (χ3n) is 6.53. The van der Waals surface area contributed by atoms with E-state index in [1.807, 2.05) is 25.1 Å². The van der Waals surface area contributed by atoms with Crippen molar-refractivity contribution in [3.05, 3.63) is 66.8 Å². The molecule has 2 aliphatic rings. The minimum absolute atomic E-state index is 0.110. The second kappa shape index (κ2) is 11.2. The number of piperazine rings is 1. The van der Waals surface area contributed by atoms with Crippen LogP contribution in [0.1, 0.15) is 35.6 Å². The van der Waals surface area contributed by atoms with E-state index in [9.17, 15) is 14.9 Å². The van der Waals surface area contributed by atoms with Crippen molar-refractivity contribution in [1.82, 2.24) is 14.4 Å². The molecule has 2 saturated heterocycles. The average molecular weight is 542 g/mol. The number of benzene rings is 1. The van der Waals surface area contributed by atoms with Crippen molar-refractivity contribution < 1.29 is 4.79 Å². The summed E-state index contributed by atoms with van der Waals surface area (Å²) in [6.07, 6.45) is 2.55. The zero-order chi connectivity index (χ0) is 26.0. The standard InChI is InChI=1S/C26H28ClN5O2S2/c1-4-9-31-23(30-12-10-29(3)11-13-30)19(17(2)20(15-28)24(31)33)14-22-25(34)32(26(35)36-22)16-18-7-5-6-8-21(18)27/h5-8,14H,4,9-13,16H2,1-3H3/b22-14+. The molecule has 188 valence electrons. The van der Waals surface area contributed by atoms with Crippen molar-refractivity contribution in [2.24, 2.45) is 0 Å². The predicted molar refractivity (Wildman–Crippen MR) is 150 cm³/mol. The van der Waals surface area contributed by atoms with Crippen LogP contribution in [0, 0.1) is 18.3 Å². The minimum atomic E-state index is -0.283. The molecule has 0 atom stereocenters. The van der Waals surface area contributed by atoms with Gasteiger partial charge in [0.05, 0.1) is 11.4 Å². The van der Waals surface area contributed by atoms with Crippen LogP contribution < -0.4 is 10.5 Å². The van der Waals surface area contributed by atoms with Gasteiger partial charge in [-0.15, -0.1) is 0 Å². The highest BCUT2D eigenvalue weighted by atomic mass is 35.5. The number of halogens is 1. The van der Waals surface area contributed by atoms with Crippen LogP contribution in [0.15, 0.2) is 34.0 Å². The van der Waals surface area contributed by atoms with Gasteiger partial charge in [-0.2, -0.15) is 5.26 Å². The number of thiocarbonyl (C=S) groups is 1. The monoisotopic (exact) mass is 541 g/mol. The van der Waals surface area contributed by atoms with E-state index >= 15 is 0 Å². The number of hydrogen-bond acceptors (Lipinski definition) is 7. The van der Waals surface area contributed by atoms with Crippen LogP contribution in [0.5, 0.6) is 0 Å². The first kappa shape index (κ1) is 26.4. The zero-order valence-corrected chi connectivity index (χ0v) is 23.0. The molecule has 0 radical (unpaired) electrons. The van der Waals surface area contributed by atoms with Gasteiger partial charge in [-0.1, -0.05) is 60.7 Å². The van der Waals surface area contributed by atoms with Gasteiger partial charge in [0.15, 0.2) is 0 Å². The Labute approximate surface area is 225 Å². The molecule has 0 aliphatic carbocycles. The van der Waals surface area contributed by atoms with Gasteiger partial charge in [-0.05, 0) is 43.7 Å². The second-order valence-electron chi connectivity index (χ2n) is 8.96. The summed E-state index contributed by atoms with van der Waals surface area (Å²) < 4.78 is 2.15. The molecular formula is C26H28ClN5O2S2. The van der Waals surface area contributed by atoms with E-state index in [1.165, 1.54) is 11.8 Å². The van der Waals surface area contributed by atoms with Gasteiger partial charge in [0.1, 0.15) is 21.8 Å². The fourth-order valence-corrected chi connectivity index (χ4v) is 5.93. The summed E-state index contributed by atoms with van der Waals surface area (Å²) in [6.45, 7) is 7.78. The van der Waals surface area contributed by atoms with E-state index in [0.29, 0.717) is 26.4 Å². The van der Waals surface area contributed by atoms with Gasteiger partial charge in [-0.25, -0.2) is 0 Å². The number of likely N-dealkylation sites (N-methyl/N-ethyl adjacent to an activating group) is 1. The van der Waals surface area contributed by atoms with E-state index in [4.69, 9.17) is 23.8 Å². The summed E-state index contributed by atoms with van der Waals surface area (Å²) >= 11 is 13.1. The molecule has 4 rings (SSSR count). The van der Waals surface area contributed by atoms with Gasteiger partial charge in [0, 0.05) is 43.3 Å².